The van der Waals surface area contributed by atoms with E-state index in [1.54, 1.807) is 37.3 Å². The van der Waals surface area contributed by atoms with Crippen molar-refractivity contribution in [2.75, 3.05) is 10.0 Å². The molecule has 0 saturated carbocycles. The van der Waals surface area contributed by atoms with Crippen LogP contribution in [0.2, 0.25) is 0 Å². The number of carbonyl (C=O) groups excluding carboxylic acids is 1. The fourth-order valence-corrected chi connectivity index (χ4v) is 3.31. The average molecular weight is 345 g/mol. The third-order valence-electron chi connectivity index (χ3n) is 3.23. The number of carbonyl (C=O) groups is 1. The number of benzene rings is 2. The van der Waals surface area contributed by atoms with E-state index in [-0.39, 0.29) is 10.8 Å². The van der Waals surface area contributed by atoms with Crippen LogP contribution in [-0.4, -0.2) is 19.3 Å². The van der Waals surface area contributed by atoms with Crippen LogP contribution in [0.5, 0.6) is 0 Å². The Morgan fingerprint density at radius 3 is 2.42 bits per heavy atom. The standard InChI is InChI=1S/C16H15N3O4S/c1-10(20)17-12-3-5-13(6-4-12)19-24(21,22)14-7-8-16-15(9-14)18-11(2)23-16/h3-9,19H,1-2H3,(H,17,20). The highest BCUT2D eigenvalue weighted by Gasteiger charge is 2.16. The molecule has 2 aromatic carbocycles. The molecule has 0 radical (unpaired) electrons. The number of anilines is 2. The second-order valence-corrected chi connectivity index (χ2v) is 6.91. The topological polar surface area (TPSA) is 101 Å². The van der Waals surface area contributed by atoms with Gasteiger partial charge in [-0.2, -0.15) is 0 Å². The van der Waals surface area contributed by atoms with Gasteiger partial charge in [0.1, 0.15) is 5.52 Å². The molecule has 7 nitrogen and oxygen atoms in total. The molecule has 3 rings (SSSR count). The molecule has 1 amide bonds. The lowest BCUT2D eigenvalue weighted by atomic mass is 10.3. The van der Waals surface area contributed by atoms with Gasteiger partial charge in [-0.25, -0.2) is 13.4 Å². The number of nitrogens with zero attached hydrogens (tertiary/aromatic N) is 1. The van der Waals surface area contributed by atoms with Gasteiger partial charge in [-0.15, -0.1) is 0 Å². The van der Waals surface area contributed by atoms with Gasteiger partial charge in [-0.3, -0.25) is 9.52 Å². The molecule has 0 aliphatic carbocycles. The molecule has 0 unspecified atom stereocenters. The van der Waals surface area contributed by atoms with Crippen molar-refractivity contribution in [2.45, 2.75) is 18.7 Å². The number of hydrogen-bond donors (Lipinski definition) is 2. The third-order valence-corrected chi connectivity index (χ3v) is 4.61. The summed E-state index contributed by atoms with van der Waals surface area (Å²) in [4.78, 5) is 15.2. The van der Waals surface area contributed by atoms with Crippen LogP contribution in [0.3, 0.4) is 0 Å². The second kappa shape index (κ2) is 5.97. The number of aromatic nitrogens is 1. The van der Waals surface area contributed by atoms with Gasteiger partial charge in [0.15, 0.2) is 11.5 Å². The van der Waals surface area contributed by atoms with E-state index in [4.69, 9.17) is 4.42 Å². The molecule has 0 atom stereocenters. The van der Waals surface area contributed by atoms with Crippen molar-refractivity contribution in [3.05, 3.63) is 48.4 Å². The Kier molecular flexibility index (Phi) is 3.98. The first-order chi connectivity index (χ1) is 11.3. The Bertz CT molecular complexity index is 1010. The molecule has 1 heterocycles. The maximum absolute atomic E-state index is 12.5. The maximum atomic E-state index is 12.5. The van der Waals surface area contributed by atoms with Gasteiger partial charge >= 0.3 is 0 Å². The fraction of sp³-hybridized carbons (Fsp3) is 0.125. The third kappa shape index (κ3) is 3.38. The predicted molar refractivity (Wildman–Crippen MR) is 90.3 cm³/mol. The summed E-state index contributed by atoms with van der Waals surface area (Å²) in [5.74, 6) is 0.278. The maximum Gasteiger partial charge on any atom is 0.261 e. The van der Waals surface area contributed by atoms with Crippen LogP contribution in [-0.2, 0) is 14.8 Å². The van der Waals surface area contributed by atoms with Crippen LogP contribution < -0.4 is 10.0 Å². The van der Waals surface area contributed by atoms with Crippen molar-refractivity contribution in [1.29, 1.82) is 0 Å². The number of hydrogen-bond acceptors (Lipinski definition) is 5. The molecule has 0 bridgehead atoms. The van der Waals surface area contributed by atoms with E-state index in [0.29, 0.717) is 28.4 Å². The number of amides is 1. The lowest BCUT2D eigenvalue weighted by Gasteiger charge is -2.09. The predicted octanol–water partition coefficient (Wildman–Crippen LogP) is 2.90. The molecule has 0 spiro atoms. The van der Waals surface area contributed by atoms with Crippen LogP contribution in [0.15, 0.2) is 51.8 Å². The van der Waals surface area contributed by atoms with Crippen LogP contribution in [0.1, 0.15) is 12.8 Å². The molecule has 8 heteroatoms. The molecule has 0 saturated heterocycles. The normalized spacial score (nSPS) is 11.4. The molecule has 0 aliphatic heterocycles. The first kappa shape index (κ1) is 16.0. The molecule has 3 aromatic rings. The van der Waals surface area contributed by atoms with E-state index < -0.39 is 10.0 Å². The van der Waals surface area contributed by atoms with Crippen LogP contribution in [0.4, 0.5) is 11.4 Å². The highest BCUT2D eigenvalue weighted by molar-refractivity contribution is 7.92. The summed E-state index contributed by atoms with van der Waals surface area (Å²) in [6.45, 7) is 3.10. The van der Waals surface area contributed by atoms with E-state index in [9.17, 15) is 13.2 Å². The number of sulfonamides is 1. The lowest BCUT2D eigenvalue weighted by Crippen LogP contribution is -2.13. The molecule has 24 heavy (non-hydrogen) atoms. The van der Waals surface area contributed by atoms with E-state index in [1.807, 2.05) is 0 Å². The summed E-state index contributed by atoms with van der Waals surface area (Å²) < 4.78 is 32.8. The van der Waals surface area contributed by atoms with Crippen molar-refractivity contribution in [3.8, 4) is 0 Å². The first-order valence-electron chi connectivity index (χ1n) is 7.11. The molecular formula is C16H15N3O4S. The number of oxazole rings is 1. The van der Waals surface area contributed by atoms with Crippen LogP contribution >= 0.6 is 0 Å². The smallest absolute Gasteiger partial charge is 0.261 e. The van der Waals surface area contributed by atoms with Crippen molar-refractivity contribution < 1.29 is 17.6 Å². The van der Waals surface area contributed by atoms with Gasteiger partial charge in [0.2, 0.25) is 5.91 Å². The van der Waals surface area contributed by atoms with Gasteiger partial charge in [-0.05, 0) is 42.5 Å². The highest BCUT2D eigenvalue weighted by Crippen LogP contribution is 2.22. The fourth-order valence-electron chi connectivity index (χ4n) is 2.23. The number of aryl methyl sites for hydroxylation is 1. The average Bonchev–Trinajstić information content (AvgIpc) is 2.87. The SMILES string of the molecule is CC(=O)Nc1ccc(NS(=O)(=O)c2ccc3oc(C)nc3c2)cc1. The summed E-state index contributed by atoms with van der Waals surface area (Å²) in [6, 6.07) is 10.9. The zero-order valence-electron chi connectivity index (χ0n) is 13.0. The van der Waals surface area contributed by atoms with Crippen molar-refractivity contribution in [3.63, 3.8) is 0 Å². The number of fused-ring (bicyclic) bond motifs is 1. The second-order valence-electron chi connectivity index (χ2n) is 5.23. The number of rotatable bonds is 4. The molecular weight excluding hydrogens is 330 g/mol. The molecule has 0 aliphatic rings. The summed E-state index contributed by atoms with van der Waals surface area (Å²) in [7, 11) is -3.75. The van der Waals surface area contributed by atoms with Crippen molar-refractivity contribution in [2.24, 2.45) is 0 Å². The Hall–Kier alpha value is -2.87. The van der Waals surface area contributed by atoms with Gasteiger partial charge in [0.25, 0.3) is 10.0 Å². The van der Waals surface area contributed by atoms with Crippen LogP contribution in [0.25, 0.3) is 11.1 Å². The lowest BCUT2D eigenvalue weighted by molar-refractivity contribution is -0.114. The minimum absolute atomic E-state index is 0.0919. The molecule has 2 N–H and O–H groups in total. The summed E-state index contributed by atoms with van der Waals surface area (Å²) >= 11 is 0. The van der Waals surface area contributed by atoms with Crippen molar-refractivity contribution in [1.82, 2.24) is 4.98 Å². The Labute approximate surface area is 138 Å². The van der Waals surface area contributed by atoms with Gasteiger partial charge < -0.3 is 9.73 Å². The summed E-state index contributed by atoms with van der Waals surface area (Å²) in [6.07, 6.45) is 0. The Morgan fingerprint density at radius 2 is 1.75 bits per heavy atom. The highest BCUT2D eigenvalue weighted by atomic mass is 32.2. The largest absolute Gasteiger partial charge is 0.441 e. The van der Waals surface area contributed by atoms with Crippen molar-refractivity contribution >= 4 is 38.4 Å². The number of nitrogens with one attached hydrogen (secondary N) is 2. The van der Waals surface area contributed by atoms with Gasteiger partial charge in [0.05, 0.1) is 4.90 Å². The van der Waals surface area contributed by atoms with E-state index in [1.165, 1.54) is 19.1 Å². The van der Waals surface area contributed by atoms with Gasteiger partial charge in [0, 0.05) is 25.2 Å². The summed E-state index contributed by atoms with van der Waals surface area (Å²) in [5.41, 5.74) is 1.99. The van der Waals surface area contributed by atoms with Gasteiger partial charge in [-0.1, -0.05) is 0 Å². The zero-order valence-corrected chi connectivity index (χ0v) is 13.8. The zero-order chi connectivity index (χ0) is 17.3. The van der Waals surface area contributed by atoms with Crippen LogP contribution in [0, 0.1) is 6.92 Å². The molecule has 1 aromatic heterocycles. The molecule has 0 fully saturated rings. The minimum Gasteiger partial charge on any atom is -0.441 e. The first-order valence-corrected chi connectivity index (χ1v) is 8.59. The van der Waals surface area contributed by atoms with E-state index >= 15 is 0 Å². The summed E-state index contributed by atoms with van der Waals surface area (Å²) in [5, 5.41) is 2.61. The minimum atomic E-state index is -3.75. The Morgan fingerprint density at radius 1 is 1.08 bits per heavy atom. The van der Waals surface area contributed by atoms with E-state index in [2.05, 4.69) is 15.0 Å². The monoisotopic (exact) mass is 345 g/mol. The Balaban J connectivity index is 1.85. The van der Waals surface area contributed by atoms with E-state index in [0.717, 1.165) is 0 Å². The molecule has 124 valence electrons. The quantitative estimate of drug-likeness (QED) is 0.757.